The third kappa shape index (κ3) is 3.18. The molecular formula is C11H22O4. The molecule has 0 heterocycles. The summed E-state index contributed by atoms with van der Waals surface area (Å²) < 4.78 is 0. The molecular weight excluding hydrogens is 196 g/mol. The molecule has 3 N–H and O–H groups in total. The summed E-state index contributed by atoms with van der Waals surface area (Å²) in [4.78, 5) is 11.1. The van der Waals surface area contributed by atoms with Gasteiger partial charge in [-0.1, -0.05) is 26.7 Å². The lowest BCUT2D eigenvalue weighted by Crippen LogP contribution is -2.49. The number of rotatable bonds is 7. The number of hydrogen-bond acceptors (Lipinski definition) is 3. The fourth-order valence-electron chi connectivity index (χ4n) is 1.65. The minimum atomic E-state index is -1.45. The van der Waals surface area contributed by atoms with E-state index in [4.69, 9.17) is 5.11 Å². The molecule has 4 heteroatoms. The van der Waals surface area contributed by atoms with Crippen LogP contribution in [0.5, 0.6) is 0 Å². The Hall–Kier alpha value is -0.610. The van der Waals surface area contributed by atoms with Crippen molar-refractivity contribution in [3.63, 3.8) is 0 Å². The highest BCUT2D eigenvalue weighted by atomic mass is 16.4. The molecule has 0 aliphatic rings. The van der Waals surface area contributed by atoms with Crippen molar-refractivity contribution in [3.05, 3.63) is 0 Å². The smallest absolute Gasteiger partial charge is 0.314 e. The van der Waals surface area contributed by atoms with Crippen molar-refractivity contribution >= 4 is 5.97 Å². The Morgan fingerprint density at radius 1 is 1.13 bits per heavy atom. The maximum atomic E-state index is 11.1. The number of hydrogen-bond donors (Lipinski definition) is 3. The second kappa shape index (κ2) is 6.08. The van der Waals surface area contributed by atoms with Gasteiger partial charge in [-0.15, -0.1) is 0 Å². The molecule has 0 aliphatic carbocycles. The van der Waals surface area contributed by atoms with Crippen molar-refractivity contribution < 1.29 is 20.1 Å². The van der Waals surface area contributed by atoms with Crippen LogP contribution in [-0.2, 0) is 4.79 Å². The van der Waals surface area contributed by atoms with E-state index in [2.05, 4.69) is 0 Å². The minimum Gasteiger partial charge on any atom is -0.481 e. The summed E-state index contributed by atoms with van der Waals surface area (Å²) in [6.45, 7) is 5.16. The molecule has 2 atom stereocenters. The van der Waals surface area contributed by atoms with Gasteiger partial charge in [0, 0.05) is 0 Å². The SMILES string of the molecule is CCCC(O)C(C)(C(=O)O)C(O)CCC. The number of carbonyl (C=O) groups is 1. The van der Waals surface area contributed by atoms with E-state index in [0.29, 0.717) is 25.7 Å². The van der Waals surface area contributed by atoms with E-state index in [9.17, 15) is 15.0 Å². The zero-order valence-corrected chi connectivity index (χ0v) is 9.73. The van der Waals surface area contributed by atoms with Crippen LogP contribution in [0.15, 0.2) is 0 Å². The van der Waals surface area contributed by atoms with Crippen molar-refractivity contribution in [2.45, 2.75) is 58.7 Å². The van der Waals surface area contributed by atoms with E-state index in [1.165, 1.54) is 6.92 Å². The van der Waals surface area contributed by atoms with Crippen molar-refractivity contribution in [2.24, 2.45) is 5.41 Å². The average Bonchev–Trinajstić information content (AvgIpc) is 2.16. The van der Waals surface area contributed by atoms with Gasteiger partial charge in [-0.2, -0.15) is 0 Å². The molecule has 90 valence electrons. The van der Waals surface area contributed by atoms with Crippen molar-refractivity contribution in [1.29, 1.82) is 0 Å². The summed E-state index contributed by atoms with van der Waals surface area (Å²) in [5.74, 6) is -1.13. The Kier molecular flexibility index (Phi) is 5.83. The molecule has 0 aromatic heterocycles. The van der Waals surface area contributed by atoms with E-state index >= 15 is 0 Å². The van der Waals surface area contributed by atoms with Gasteiger partial charge in [0.25, 0.3) is 0 Å². The van der Waals surface area contributed by atoms with E-state index in [1.807, 2.05) is 13.8 Å². The molecule has 4 nitrogen and oxygen atoms in total. The summed E-state index contributed by atoms with van der Waals surface area (Å²) >= 11 is 0. The highest BCUT2D eigenvalue weighted by molar-refractivity contribution is 5.75. The van der Waals surface area contributed by atoms with Crippen LogP contribution in [0.1, 0.15) is 46.5 Å². The fourth-order valence-corrected chi connectivity index (χ4v) is 1.65. The summed E-state index contributed by atoms with van der Waals surface area (Å²) in [6.07, 6.45) is 0.182. The molecule has 0 aliphatic heterocycles. The summed E-state index contributed by atoms with van der Waals surface area (Å²) in [5, 5.41) is 28.7. The first kappa shape index (κ1) is 14.4. The third-order valence-electron chi connectivity index (χ3n) is 2.97. The molecule has 0 bridgehead atoms. The Bertz CT molecular complexity index is 191. The van der Waals surface area contributed by atoms with Gasteiger partial charge < -0.3 is 15.3 Å². The third-order valence-corrected chi connectivity index (χ3v) is 2.97. The van der Waals surface area contributed by atoms with Crippen LogP contribution in [0.4, 0.5) is 0 Å². The standard InChI is InChI=1S/C11H22O4/c1-4-6-8(12)11(3,10(14)15)9(13)7-5-2/h8-9,12-13H,4-7H2,1-3H3,(H,14,15). The molecule has 0 saturated heterocycles. The Morgan fingerprint density at radius 3 is 1.67 bits per heavy atom. The molecule has 0 aromatic rings. The first-order valence-corrected chi connectivity index (χ1v) is 5.50. The zero-order chi connectivity index (χ0) is 12.1. The zero-order valence-electron chi connectivity index (χ0n) is 9.73. The van der Waals surface area contributed by atoms with E-state index < -0.39 is 23.6 Å². The Labute approximate surface area is 90.9 Å². The van der Waals surface area contributed by atoms with Crippen molar-refractivity contribution in [2.75, 3.05) is 0 Å². The van der Waals surface area contributed by atoms with Crippen LogP contribution in [0.25, 0.3) is 0 Å². The van der Waals surface area contributed by atoms with Crippen LogP contribution in [0, 0.1) is 5.41 Å². The number of aliphatic carboxylic acids is 1. The minimum absolute atomic E-state index is 0.392. The maximum absolute atomic E-state index is 11.1. The highest BCUT2D eigenvalue weighted by Gasteiger charge is 2.46. The van der Waals surface area contributed by atoms with Gasteiger partial charge in [-0.25, -0.2) is 0 Å². The van der Waals surface area contributed by atoms with Crippen LogP contribution < -0.4 is 0 Å². The second-order valence-electron chi connectivity index (χ2n) is 4.20. The van der Waals surface area contributed by atoms with Gasteiger partial charge in [0.15, 0.2) is 0 Å². The summed E-state index contributed by atoms with van der Waals surface area (Å²) in [7, 11) is 0. The van der Waals surface area contributed by atoms with Gasteiger partial charge in [-0.05, 0) is 19.8 Å². The van der Waals surface area contributed by atoms with E-state index in [1.54, 1.807) is 0 Å². The number of aliphatic hydroxyl groups excluding tert-OH is 2. The quantitative estimate of drug-likeness (QED) is 0.603. The Balaban J connectivity index is 4.79. The molecule has 0 saturated carbocycles. The topological polar surface area (TPSA) is 77.8 Å². The van der Waals surface area contributed by atoms with E-state index in [0.717, 1.165) is 0 Å². The summed E-state index contributed by atoms with van der Waals surface area (Å²) in [5.41, 5.74) is -1.45. The predicted molar refractivity (Wildman–Crippen MR) is 57.6 cm³/mol. The molecule has 0 spiro atoms. The van der Waals surface area contributed by atoms with Crippen LogP contribution in [0.2, 0.25) is 0 Å². The molecule has 0 amide bonds. The molecule has 0 radical (unpaired) electrons. The van der Waals surface area contributed by atoms with E-state index in [-0.39, 0.29) is 0 Å². The predicted octanol–water partition coefficient (Wildman–Crippen LogP) is 1.40. The molecule has 0 fully saturated rings. The van der Waals surface area contributed by atoms with Gasteiger partial charge in [0.1, 0.15) is 5.41 Å². The molecule has 0 rings (SSSR count). The number of aliphatic hydroxyl groups is 2. The van der Waals surface area contributed by atoms with Crippen LogP contribution in [0.3, 0.4) is 0 Å². The normalized spacial score (nSPS) is 19.3. The molecule has 15 heavy (non-hydrogen) atoms. The van der Waals surface area contributed by atoms with Gasteiger partial charge in [0.2, 0.25) is 0 Å². The highest BCUT2D eigenvalue weighted by Crippen LogP contribution is 2.31. The first-order chi connectivity index (χ1) is 6.91. The fraction of sp³-hybridized carbons (Fsp3) is 0.909. The monoisotopic (exact) mass is 218 g/mol. The van der Waals surface area contributed by atoms with Gasteiger partial charge >= 0.3 is 5.97 Å². The molecule has 0 aromatic carbocycles. The van der Waals surface area contributed by atoms with Gasteiger partial charge in [0.05, 0.1) is 12.2 Å². The lowest BCUT2D eigenvalue weighted by Gasteiger charge is -2.34. The molecule has 2 unspecified atom stereocenters. The lowest BCUT2D eigenvalue weighted by molar-refractivity contribution is -0.167. The lowest BCUT2D eigenvalue weighted by atomic mass is 9.75. The largest absolute Gasteiger partial charge is 0.481 e. The summed E-state index contributed by atoms with van der Waals surface area (Å²) in [6, 6.07) is 0. The van der Waals surface area contributed by atoms with Crippen LogP contribution >= 0.6 is 0 Å². The Morgan fingerprint density at radius 2 is 1.47 bits per heavy atom. The van der Waals surface area contributed by atoms with Crippen molar-refractivity contribution in [1.82, 2.24) is 0 Å². The maximum Gasteiger partial charge on any atom is 0.314 e. The average molecular weight is 218 g/mol. The van der Waals surface area contributed by atoms with Gasteiger partial charge in [-0.3, -0.25) is 4.79 Å². The van der Waals surface area contributed by atoms with Crippen molar-refractivity contribution in [3.8, 4) is 0 Å². The second-order valence-corrected chi connectivity index (χ2v) is 4.20. The first-order valence-electron chi connectivity index (χ1n) is 5.50. The van der Waals surface area contributed by atoms with Crippen LogP contribution in [-0.4, -0.2) is 33.5 Å². The number of carboxylic acids is 1. The number of carboxylic acid groups (broad SMARTS) is 1.